The van der Waals surface area contributed by atoms with Gasteiger partial charge in [-0.25, -0.2) is 5.43 Å². The summed E-state index contributed by atoms with van der Waals surface area (Å²) >= 11 is 1.74. The first-order valence-electron chi connectivity index (χ1n) is 14.9. The molecule has 6 rings (SSSR count). The summed E-state index contributed by atoms with van der Waals surface area (Å²) in [5.41, 5.74) is 8.45. The monoisotopic (exact) mass is 610 g/mol. The van der Waals surface area contributed by atoms with Crippen LogP contribution in [0.1, 0.15) is 5.56 Å². The fraction of sp³-hybridized carbons (Fsp3) is 0.312. The van der Waals surface area contributed by atoms with Crippen molar-refractivity contribution in [2.45, 2.75) is 0 Å². The number of morpholine rings is 1. The summed E-state index contributed by atoms with van der Waals surface area (Å²) in [6.45, 7) is 6.62. The Hall–Kier alpha value is -4.55. The molecule has 3 N–H and O–H groups in total. The maximum Gasteiger partial charge on any atom is 0.250 e. The predicted octanol–water partition coefficient (Wildman–Crippen LogP) is 4.96. The van der Waals surface area contributed by atoms with Crippen LogP contribution in [0.25, 0.3) is 0 Å². The van der Waals surface area contributed by atoms with E-state index in [2.05, 4.69) is 101 Å². The van der Waals surface area contributed by atoms with E-state index in [1.54, 1.807) is 18.0 Å². The van der Waals surface area contributed by atoms with E-state index in [1.165, 1.54) is 11.4 Å². The second-order valence-electron chi connectivity index (χ2n) is 10.5. The second kappa shape index (κ2) is 14.8. The maximum absolute atomic E-state index is 5.53. The van der Waals surface area contributed by atoms with Crippen molar-refractivity contribution in [1.29, 1.82) is 0 Å². The molecule has 44 heavy (non-hydrogen) atoms. The minimum atomic E-state index is 0.367. The molecule has 0 radical (unpaired) electrons. The molecular weight excluding hydrogens is 572 g/mol. The molecule has 12 heteroatoms. The average molecular weight is 611 g/mol. The van der Waals surface area contributed by atoms with Crippen LogP contribution in [0.15, 0.2) is 84.0 Å². The van der Waals surface area contributed by atoms with E-state index in [0.717, 1.165) is 49.0 Å². The highest BCUT2D eigenvalue weighted by molar-refractivity contribution is 7.98. The van der Waals surface area contributed by atoms with Gasteiger partial charge in [-0.05, 0) is 60.4 Å². The van der Waals surface area contributed by atoms with E-state index in [1.807, 2.05) is 30.3 Å². The normalized spacial score (nSPS) is 15.4. The largest absolute Gasteiger partial charge is 0.378 e. The van der Waals surface area contributed by atoms with E-state index in [4.69, 9.17) is 9.72 Å². The Morgan fingerprint density at radius 1 is 0.750 bits per heavy atom. The van der Waals surface area contributed by atoms with Crippen molar-refractivity contribution in [3.05, 3.63) is 84.4 Å². The van der Waals surface area contributed by atoms with Crippen molar-refractivity contribution in [2.75, 3.05) is 95.4 Å². The summed E-state index contributed by atoms with van der Waals surface area (Å²) in [4.78, 5) is 20.9. The van der Waals surface area contributed by atoms with Crippen LogP contribution in [0.2, 0.25) is 0 Å². The van der Waals surface area contributed by atoms with Gasteiger partial charge < -0.3 is 30.1 Å². The lowest BCUT2D eigenvalue weighted by atomic mass is 10.1. The molecule has 0 amide bonds. The van der Waals surface area contributed by atoms with Gasteiger partial charge in [0, 0.05) is 62.0 Å². The first kappa shape index (κ1) is 29.5. The van der Waals surface area contributed by atoms with Gasteiger partial charge in [-0.3, -0.25) is 0 Å². The molecular formula is C32H38N10OS. The molecule has 2 saturated heterocycles. The summed E-state index contributed by atoms with van der Waals surface area (Å²) in [6, 6.07) is 27.1. The molecule has 228 valence electrons. The number of hydrogen-bond acceptors (Lipinski definition) is 12. The SMILES string of the molecule is CSCNc1ccc(Nc2nc(N/N=C/c3cccc(N4CCN(c5ccccc5)CC4)c3)nc(N3CCOCC3)n2)cc1. The van der Waals surface area contributed by atoms with Crippen LogP contribution in [-0.2, 0) is 4.74 Å². The lowest BCUT2D eigenvalue weighted by molar-refractivity contribution is 0.122. The molecule has 4 aromatic rings. The number of nitrogens with zero attached hydrogens (tertiary/aromatic N) is 7. The quantitative estimate of drug-likeness (QED) is 0.122. The van der Waals surface area contributed by atoms with Gasteiger partial charge in [0.25, 0.3) is 0 Å². The van der Waals surface area contributed by atoms with E-state index >= 15 is 0 Å². The molecule has 2 aliphatic heterocycles. The van der Waals surface area contributed by atoms with Crippen LogP contribution in [0.4, 0.5) is 40.6 Å². The van der Waals surface area contributed by atoms with Crippen molar-refractivity contribution in [3.63, 3.8) is 0 Å². The molecule has 2 aliphatic rings. The fourth-order valence-corrected chi connectivity index (χ4v) is 5.47. The summed E-state index contributed by atoms with van der Waals surface area (Å²) in [7, 11) is 0. The molecule has 2 fully saturated rings. The molecule has 0 atom stereocenters. The Balaban J connectivity index is 1.12. The number of anilines is 7. The standard InChI is InChI=1S/C32H38N10OS/c1-44-24-33-26-10-12-27(13-11-26)35-30-36-31(38-32(37-30)42-18-20-43-21-19-42)39-34-23-25-6-5-9-29(22-25)41-16-14-40(15-17-41)28-7-3-2-4-8-28/h2-13,22-23,33H,14-21,24H2,1H3,(H2,35,36,37,38,39)/b34-23+. The van der Waals surface area contributed by atoms with Crippen molar-refractivity contribution >= 4 is 58.6 Å². The van der Waals surface area contributed by atoms with Gasteiger partial charge in [0.2, 0.25) is 17.8 Å². The highest BCUT2D eigenvalue weighted by atomic mass is 32.2. The van der Waals surface area contributed by atoms with Crippen LogP contribution in [-0.4, -0.2) is 85.8 Å². The van der Waals surface area contributed by atoms with Gasteiger partial charge in [0.1, 0.15) is 0 Å². The molecule has 3 heterocycles. The van der Waals surface area contributed by atoms with Gasteiger partial charge in [-0.2, -0.15) is 20.1 Å². The zero-order valence-corrected chi connectivity index (χ0v) is 25.7. The Kier molecular flexibility index (Phi) is 9.90. The van der Waals surface area contributed by atoms with E-state index in [0.29, 0.717) is 44.1 Å². The van der Waals surface area contributed by atoms with E-state index < -0.39 is 0 Å². The zero-order chi connectivity index (χ0) is 30.0. The number of benzene rings is 3. The summed E-state index contributed by atoms with van der Waals surface area (Å²) in [5.74, 6) is 2.25. The van der Waals surface area contributed by atoms with Crippen molar-refractivity contribution in [1.82, 2.24) is 15.0 Å². The molecule has 11 nitrogen and oxygen atoms in total. The Labute approximate surface area is 262 Å². The number of hydrazone groups is 1. The van der Waals surface area contributed by atoms with Crippen LogP contribution < -0.4 is 30.8 Å². The van der Waals surface area contributed by atoms with Crippen LogP contribution in [0.5, 0.6) is 0 Å². The number of aromatic nitrogens is 3. The van der Waals surface area contributed by atoms with Crippen LogP contribution in [0, 0.1) is 0 Å². The molecule has 0 bridgehead atoms. The Morgan fingerprint density at radius 3 is 2.18 bits per heavy atom. The summed E-state index contributed by atoms with van der Waals surface area (Å²) < 4.78 is 5.53. The van der Waals surface area contributed by atoms with Crippen molar-refractivity contribution in [3.8, 4) is 0 Å². The van der Waals surface area contributed by atoms with Gasteiger partial charge in [-0.1, -0.05) is 30.3 Å². The highest BCUT2D eigenvalue weighted by Crippen LogP contribution is 2.22. The highest BCUT2D eigenvalue weighted by Gasteiger charge is 2.18. The number of piperazine rings is 1. The Bertz CT molecular complexity index is 1510. The molecule has 0 unspecified atom stereocenters. The number of rotatable bonds is 11. The minimum Gasteiger partial charge on any atom is -0.378 e. The van der Waals surface area contributed by atoms with E-state index in [-0.39, 0.29) is 0 Å². The van der Waals surface area contributed by atoms with Gasteiger partial charge in [0.05, 0.1) is 25.3 Å². The minimum absolute atomic E-state index is 0.367. The van der Waals surface area contributed by atoms with Crippen LogP contribution in [0.3, 0.4) is 0 Å². The van der Waals surface area contributed by atoms with Crippen molar-refractivity contribution in [2.24, 2.45) is 5.10 Å². The smallest absolute Gasteiger partial charge is 0.250 e. The predicted molar refractivity (Wildman–Crippen MR) is 183 cm³/mol. The van der Waals surface area contributed by atoms with Gasteiger partial charge >= 0.3 is 0 Å². The first-order valence-corrected chi connectivity index (χ1v) is 16.3. The molecule has 3 aromatic carbocycles. The number of nitrogens with one attached hydrogen (secondary N) is 3. The lowest BCUT2D eigenvalue weighted by Crippen LogP contribution is -2.46. The Morgan fingerprint density at radius 2 is 1.43 bits per heavy atom. The zero-order valence-electron chi connectivity index (χ0n) is 24.9. The first-order chi connectivity index (χ1) is 21.7. The molecule has 0 saturated carbocycles. The summed E-state index contributed by atoms with van der Waals surface area (Å²) in [5, 5.41) is 11.2. The van der Waals surface area contributed by atoms with Crippen molar-refractivity contribution < 1.29 is 4.74 Å². The van der Waals surface area contributed by atoms with Gasteiger partial charge in [-0.15, -0.1) is 11.8 Å². The maximum atomic E-state index is 5.53. The third-order valence-electron chi connectivity index (χ3n) is 7.49. The number of hydrogen-bond donors (Lipinski definition) is 3. The lowest BCUT2D eigenvalue weighted by Gasteiger charge is -2.37. The second-order valence-corrected chi connectivity index (χ2v) is 11.3. The van der Waals surface area contributed by atoms with Gasteiger partial charge in [0.15, 0.2) is 0 Å². The molecule has 1 aromatic heterocycles. The average Bonchev–Trinajstić information content (AvgIpc) is 3.09. The summed E-state index contributed by atoms with van der Waals surface area (Å²) in [6.07, 6.45) is 3.87. The number of ether oxygens (including phenoxy) is 1. The number of para-hydroxylation sites is 1. The molecule has 0 aliphatic carbocycles. The van der Waals surface area contributed by atoms with Crippen LogP contribution >= 0.6 is 11.8 Å². The third kappa shape index (κ3) is 7.88. The fourth-order valence-electron chi connectivity index (χ4n) is 5.16. The molecule has 0 spiro atoms. The number of thioether (sulfide) groups is 1. The topological polar surface area (TPSA) is 106 Å². The third-order valence-corrected chi connectivity index (χ3v) is 7.93. The van der Waals surface area contributed by atoms with E-state index in [9.17, 15) is 0 Å².